The van der Waals surface area contributed by atoms with Gasteiger partial charge in [0.2, 0.25) is 0 Å². The largest absolute Gasteiger partial charge is 0.382 e. The van der Waals surface area contributed by atoms with Crippen molar-refractivity contribution in [3.05, 3.63) is 65.6 Å². The van der Waals surface area contributed by atoms with Gasteiger partial charge in [0.15, 0.2) is 0 Å². The molecule has 1 aliphatic heterocycles. The topological polar surface area (TPSA) is 89.9 Å². The number of likely N-dealkylation sites (tertiary alicyclic amines) is 1. The van der Waals surface area contributed by atoms with Gasteiger partial charge in [-0.15, -0.1) is 5.10 Å². The number of nitrogen functional groups attached to an aromatic ring is 1. The predicted molar refractivity (Wildman–Crippen MR) is 97.8 cm³/mol. The van der Waals surface area contributed by atoms with Crippen LogP contribution < -0.4 is 5.73 Å². The van der Waals surface area contributed by atoms with Crippen molar-refractivity contribution in [2.45, 2.75) is 25.8 Å². The summed E-state index contributed by atoms with van der Waals surface area (Å²) in [4.78, 5) is 14.9. The molecule has 3 aromatic rings. The van der Waals surface area contributed by atoms with Crippen LogP contribution in [0.15, 0.2) is 48.7 Å². The van der Waals surface area contributed by atoms with Crippen molar-refractivity contribution in [2.24, 2.45) is 0 Å². The van der Waals surface area contributed by atoms with E-state index in [1.54, 1.807) is 12.3 Å². The Kier molecular flexibility index (Phi) is 4.12. The van der Waals surface area contributed by atoms with E-state index in [1.165, 1.54) is 0 Å². The second kappa shape index (κ2) is 6.59. The average Bonchev–Trinajstić information content (AvgIpc) is 3.31. The summed E-state index contributed by atoms with van der Waals surface area (Å²) in [7, 11) is 0. The zero-order valence-corrected chi connectivity index (χ0v) is 14.5. The lowest BCUT2D eigenvalue weighted by atomic mass is 10.1. The lowest BCUT2D eigenvalue weighted by Gasteiger charge is -2.24. The van der Waals surface area contributed by atoms with Crippen LogP contribution in [0.4, 0.5) is 5.82 Å². The van der Waals surface area contributed by atoms with Crippen LogP contribution in [0.5, 0.6) is 0 Å². The van der Waals surface area contributed by atoms with Gasteiger partial charge in [-0.2, -0.15) is 10.2 Å². The van der Waals surface area contributed by atoms with Crippen molar-refractivity contribution in [1.82, 2.24) is 24.9 Å². The molecule has 7 heteroatoms. The molecule has 4 rings (SSSR count). The summed E-state index contributed by atoms with van der Waals surface area (Å²) in [5.74, 6) is 0.393. The number of benzene rings is 1. The fourth-order valence-corrected chi connectivity index (χ4v) is 3.40. The summed E-state index contributed by atoms with van der Waals surface area (Å²) in [5, 5.41) is 12.4. The first-order valence-corrected chi connectivity index (χ1v) is 8.64. The molecule has 2 aromatic heterocycles. The van der Waals surface area contributed by atoms with Crippen molar-refractivity contribution >= 4 is 11.7 Å². The second-order valence-electron chi connectivity index (χ2n) is 6.47. The number of nitrogens with zero attached hydrogens (tertiary/aromatic N) is 5. The number of aryl methyl sites for hydroxylation is 1. The van der Waals surface area contributed by atoms with Crippen LogP contribution in [0, 0.1) is 6.92 Å². The lowest BCUT2D eigenvalue weighted by molar-refractivity contribution is 0.0732. The minimum atomic E-state index is -0.0522. The van der Waals surface area contributed by atoms with Crippen LogP contribution in [0.1, 0.15) is 40.6 Å². The highest BCUT2D eigenvalue weighted by Gasteiger charge is 2.31. The number of hydrogen-bond donors (Lipinski definition) is 1. The molecular formula is C19H20N6O. The first-order valence-electron chi connectivity index (χ1n) is 8.64. The summed E-state index contributed by atoms with van der Waals surface area (Å²) in [6.07, 6.45) is 3.60. The van der Waals surface area contributed by atoms with Crippen molar-refractivity contribution < 1.29 is 4.79 Å². The highest BCUT2D eigenvalue weighted by molar-refractivity contribution is 5.94. The highest BCUT2D eigenvalue weighted by atomic mass is 16.2. The van der Waals surface area contributed by atoms with Crippen LogP contribution in [-0.4, -0.2) is 37.3 Å². The molecule has 1 fully saturated rings. The van der Waals surface area contributed by atoms with Gasteiger partial charge in [-0.1, -0.05) is 0 Å². The van der Waals surface area contributed by atoms with Crippen molar-refractivity contribution in [3.63, 3.8) is 0 Å². The van der Waals surface area contributed by atoms with Crippen LogP contribution >= 0.6 is 0 Å². The van der Waals surface area contributed by atoms with E-state index in [0.29, 0.717) is 11.4 Å². The second-order valence-corrected chi connectivity index (χ2v) is 6.47. The van der Waals surface area contributed by atoms with E-state index >= 15 is 0 Å². The summed E-state index contributed by atoms with van der Waals surface area (Å²) in [6, 6.07) is 13.0. The monoisotopic (exact) mass is 348 g/mol. The number of amides is 1. The molecule has 0 aliphatic carbocycles. The Morgan fingerprint density at radius 1 is 1.12 bits per heavy atom. The van der Waals surface area contributed by atoms with Gasteiger partial charge in [-0.3, -0.25) is 4.79 Å². The average molecular weight is 348 g/mol. The van der Waals surface area contributed by atoms with Crippen molar-refractivity contribution in [2.75, 3.05) is 12.3 Å². The summed E-state index contributed by atoms with van der Waals surface area (Å²) in [6.45, 7) is 2.71. The Balaban J connectivity index is 1.56. The van der Waals surface area contributed by atoms with Crippen LogP contribution in [0.2, 0.25) is 0 Å². The maximum atomic E-state index is 13.0. The van der Waals surface area contributed by atoms with Gasteiger partial charge in [-0.25, -0.2) is 4.68 Å². The van der Waals surface area contributed by atoms with Gasteiger partial charge in [0.05, 0.1) is 17.4 Å². The molecule has 1 aliphatic rings. The van der Waals surface area contributed by atoms with E-state index < -0.39 is 0 Å². The first-order chi connectivity index (χ1) is 12.6. The molecule has 1 amide bonds. The Morgan fingerprint density at radius 2 is 1.92 bits per heavy atom. The van der Waals surface area contributed by atoms with Gasteiger partial charge in [0.25, 0.3) is 5.91 Å². The minimum Gasteiger partial charge on any atom is -0.382 e. The number of anilines is 1. The van der Waals surface area contributed by atoms with Gasteiger partial charge in [0.1, 0.15) is 5.82 Å². The third kappa shape index (κ3) is 2.92. The SMILES string of the molecule is Cc1ccnn1-c1ccc(C(=O)N2CCCC2c2ccc(N)nn2)cc1. The molecule has 0 spiro atoms. The lowest BCUT2D eigenvalue weighted by Crippen LogP contribution is -2.31. The molecule has 7 nitrogen and oxygen atoms in total. The van der Waals surface area contributed by atoms with Gasteiger partial charge in [0, 0.05) is 24.0 Å². The maximum absolute atomic E-state index is 13.0. The summed E-state index contributed by atoms with van der Waals surface area (Å²) >= 11 is 0. The Morgan fingerprint density at radius 3 is 2.58 bits per heavy atom. The molecule has 26 heavy (non-hydrogen) atoms. The molecule has 1 atom stereocenters. The highest BCUT2D eigenvalue weighted by Crippen LogP contribution is 2.32. The summed E-state index contributed by atoms with van der Waals surface area (Å²) in [5.41, 5.74) is 9.04. The molecule has 3 heterocycles. The number of hydrogen-bond acceptors (Lipinski definition) is 5. The van der Waals surface area contributed by atoms with E-state index in [-0.39, 0.29) is 11.9 Å². The zero-order chi connectivity index (χ0) is 18.1. The summed E-state index contributed by atoms with van der Waals surface area (Å²) < 4.78 is 1.84. The van der Waals surface area contributed by atoms with E-state index in [4.69, 9.17) is 5.73 Å². The number of carbonyl (C=O) groups excluding carboxylic acids is 1. The number of nitrogens with two attached hydrogens (primary N) is 1. The molecule has 0 bridgehead atoms. The normalized spacial score (nSPS) is 16.8. The fourth-order valence-electron chi connectivity index (χ4n) is 3.40. The molecule has 132 valence electrons. The predicted octanol–water partition coefficient (Wildman–Crippen LogP) is 2.53. The molecule has 1 unspecified atom stereocenters. The maximum Gasteiger partial charge on any atom is 0.254 e. The number of carbonyl (C=O) groups is 1. The smallest absolute Gasteiger partial charge is 0.254 e. The van der Waals surface area contributed by atoms with E-state index in [2.05, 4.69) is 15.3 Å². The molecule has 0 saturated carbocycles. The van der Waals surface area contributed by atoms with Gasteiger partial charge in [-0.05, 0) is 62.2 Å². The standard InChI is InChI=1S/C19H20N6O/c1-13-10-11-21-25(13)15-6-4-14(5-7-15)19(26)24-12-2-3-17(24)16-8-9-18(20)23-22-16/h4-11,17H,2-3,12H2,1H3,(H2,20,23). The van der Waals surface area contributed by atoms with Crippen LogP contribution in [0.25, 0.3) is 5.69 Å². The van der Waals surface area contributed by atoms with E-state index in [1.807, 2.05) is 52.9 Å². The van der Waals surface area contributed by atoms with Crippen molar-refractivity contribution in [1.29, 1.82) is 0 Å². The molecule has 1 saturated heterocycles. The van der Waals surface area contributed by atoms with E-state index in [9.17, 15) is 4.79 Å². The molecule has 2 N–H and O–H groups in total. The van der Waals surface area contributed by atoms with Crippen LogP contribution in [0.3, 0.4) is 0 Å². The quantitative estimate of drug-likeness (QED) is 0.785. The van der Waals surface area contributed by atoms with Crippen molar-refractivity contribution in [3.8, 4) is 5.69 Å². The van der Waals surface area contributed by atoms with E-state index in [0.717, 1.165) is 36.5 Å². The third-order valence-corrected chi connectivity index (χ3v) is 4.75. The number of aromatic nitrogens is 4. The third-order valence-electron chi connectivity index (χ3n) is 4.75. The Bertz CT molecular complexity index is 916. The Hall–Kier alpha value is -3.22. The molecule has 1 aromatic carbocycles. The Labute approximate surface area is 151 Å². The van der Waals surface area contributed by atoms with Gasteiger partial charge >= 0.3 is 0 Å². The van der Waals surface area contributed by atoms with Gasteiger partial charge < -0.3 is 10.6 Å². The molecule has 0 radical (unpaired) electrons. The zero-order valence-electron chi connectivity index (χ0n) is 14.5. The minimum absolute atomic E-state index is 0.00913. The first kappa shape index (κ1) is 16.3. The van der Waals surface area contributed by atoms with Crippen LogP contribution in [-0.2, 0) is 0 Å². The fraction of sp³-hybridized carbons (Fsp3) is 0.263. The number of rotatable bonds is 3. The molecular weight excluding hydrogens is 328 g/mol.